The van der Waals surface area contributed by atoms with Gasteiger partial charge in [0.05, 0.1) is 0 Å². The standard InChI is InChI=1S/C10H20.C5H12.CH4/c1-4-5-6-9-7-10(2,3)8-9;1-3-5-4-2;/h9H,4-8H2,1-3H3;3-5H2,1-2H3;1H4. The first-order valence-corrected chi connectivity index (χ1v) is 7.05. The SMILES string of the molecule is C.CCCCC.CCCCC1CC(C)(C)C1. The summed E-state index contributed by atoms with van der Waals surface area (Å²) in [6.45, 7) is 11.5. The zero-order chi connectivity index (χ0) is 11.7. The van der Waals surface area contributed by atoms with Gasteiger partial charge in [0.2, 0.25) is 0 Å². The van der Waals surface area contributed by atoms with Crippen LogP contribution in [0.3, 0.4) is 0 Å². The summed E-state index contributed by atoms with van der Waals surface area (Å²) in [5, 5.41) is 0. The van der Waals surface area contributed by atoms with Crippen LogP contribution in [-0.4, -0.2) is 0 Å². The summed E-state index contributed by atoms with van der Waals surface area (Å²) in [5.74, 6) is 1.08. The lowest BCUT2D eigenvalue weighted by Gasteiger charge is -2.42. The summed E-state index contributed by atoms with van der Waals surface area (Å²) in [6.07, 6.45) is 11.3. The zero-order valence-electron chi connectivity index (χ0n) is 11.7. The van der Waals surface area contributed by atoms with E-state index in [2.05, 4.69) is 34.6 Å². The molecule has 0 heterocycles. The minimum absolute atomic E-state index is 0. The molecule has 0 aliphatic heterocycles. The second-order valence-corrected chi connectivity index (χ2v) is 5.93. The third kappa shape index (κ3) is 9.24. The molecule has 0 saturated heterocycles. The van der Waals surface area contributed by atoms with E-state index < -0.39 is 0 Å². The van der Waals surface area contributed by atoms with Gasteiger partial charge in [-0.2, -0.15) is 0 Å². The minimum atomic E-state index is 0. The highest BCUT2D eigenvalue weighted by molar-refractivity contribution is 4.86. The van der Waals surface area contributed by atoms with Crippen LogP contribution in [0.2, 0.25) is 0 Å². The highest BCUT2D eigenvalue weighted by Gasteiger charge is 2.34. The van der Waals surface area contributed by atoms with Gasteiger partial charge in [0, 0.05) is 0 Å². The molecule has 0 aromatic heterocycles. The van der Waals surface area contributed by atoms with Crippen molar-refractivity contribution in [1.29, 1.82) is 0 Å². The van der Waals surface area contributed by atoms with Gasteiger partial charge in [0.15, 0.2) is 0 Å². The van der Waals surface area contributed by atoms with E-state index in [-0.39, 0.29) is 7.43 Å². The summed E-state index contributed by atoms with van der Waals surface area (Å²) in [7, 11) is 0. The molecule has 0 amide bonds. The van der Waals surface area contributed by atoms with Crippen molar-refractivity contribution in [2.75, 3.05) is 0 Å². The van der Waals surface area contributed by atoms with Crippen LogP contribution in [0.4, 0.5) is 0 Å². The van der Waals surface area contributed by atoms with Gasteiger partial charge in [-0.3, -0.25) is 0 Å². The van der Waals surface area contributed by atoms with Crippen molar-refractivity contribution in [2.24, 2.45) is 11.3 Å². The topological polar surface area (TPSA) is 0 Å². The predicted octanol–water partition coefficient (Wildman–Crippen LogP) is 6.45. The molecule has 1 fully saturated rings. The van der Waals surface area contributed by atoms with Gasteiger partial charge < -0.3 is 0 Å². The van der Waals surface area contributed by atoms with Gasteiger partial charge in [-0.25, -0.2) is 0 Å². The summed E-state index contributed by atoms with van der Waals surface area (Å²) in [6, 6.07) is 0. The molecule has 0 unspecified atom stereocenters. The molecule has 0 aromatic rings. The Labute approximate surface area is 105 Å². The lowest BCUT2D eigenvalue weighted by Crippen LogP contribution is -2.31. The fourth-order valence-electron chi connectivity index (χ4n) is 2.55. The number of unbranched alkanes of at least 4 members (excludes halogenated alkanes) is 3. The van der Waals surface area contributed by atoms with Crippen LogP contribution in [0.1, 0.15) is 93.4 Å². The van der Waals surface area contributed by atoms with Crippen molar-refractivity contribution in [3.05, 3.63) is 0 Å². The van der Waals surface area contributed by atoms with Gasteiger partial charge in [0.25, 0.3) is 0 Å². The van der Waals surface area contributed by atoms with E-state index in [0.29, 0.717) is 5.41 Å². The zero-order valence-corrected chi connectivity index (χ0v) is 11.7. The van der Waals surface area contributed by atoms with Crippen molar-refractivity contribution >= 4 is 0 Å². The molecule has 1 aliphatic carbocycles. The van der Waals surface area contributed by atoms with Gasteiger partial charge in [-0.1, -0.05) is 80.6 Å². The van der Waals surface area contributed by atoms with Crippen molar-refractivity contribution < 1.29 is 0 Å². The van der Waals surface area contributed by atoms with Gasteiger partial charge in [-0.15, -0.1) is 0 Å². The number of rotatable bonds is 5. The van der Waals surface area contributed by atoms with Crippen molar-refractivity contribution in [2.45, 2.75) is 93.4 Å². The molecule has 1 aliphatic rings. The Balaban J connectivity index is 0. The quantitative estimate of drug-likeness (QED) is 0.507. The molecule has 0 spiro atoms. The van der Waals surface area contributed by atoms with Crippen molar-refractivity contribution in [1.82, 2.24) is 0 Å². The first-order chi connectivity index (χ1) is 7.05. The Morgan fingerprint density at radius 2 is 1.31 bits per heavy atom. The average molecular weight is 228 g/mol. The van der Waals surface area contributed by atoms with Crippen LogP contribution in [-0.2, 0) is 0 Å². The molecule has 0 atom stereocenters. The third-order valence-corrected chi connectivity index (χ3v) is 3.36. The lowest BCUT2D eigenvalue weighted by molar-refractivity contribution is 0.0881. The molecule has 0 radical (unpaired) electrons. The Hall–Kier alpha value is 0. The highest BCUT2D eigenvalue weighted by Crippen LogP contribution is 2.46. The van der Waals surface area contributed by atoms with E-state index in [1.807, 2.05) is 0 Å². The Kier molecular flexibility index (Phi) is 11.7. The van der Waals surface area contributed by atoms with E-state index >= 15 is 0 Å². The first-order valence-electron chi connectivity index (χ1n) is 7.05. The van der Waals surface area contributed by atoms with E-state index in [4.69, 9.17) is 0 Å². The summed E-state index contributed by atoms with van der Waals surface area (Å²) in [4.78, 5) is 0. The maximum atomic E-state index is 2.38. The van der Waals surface area contributed by atoms with E-state index in [1.165, 1.54) is 51.4 Å². The Morgan fingerprint density at radius 1 is 0.875 bits per heavy atom. The minimum Gasteiger partial charge on any atom is -0.0776 e. The van der Waals surface area contributed by atoms with Crippen molar-refractivity contribution in [3.8, 4) is 0 Å². The molecule has 16 heavy (non-hydrogen) atoms. The monoisotopic (exact) mass is 228 g/mol. The van der Waals surface area contributed by atoms with Crippen LogP contribution in [0, 0.1) is 11.3 Å². The first kappa shape index (κ1) is 18.4. The normalized spacial score (nSPS) is 17.8. The maximum absolute atomic E-state index is 2.38. The summed E-state index contributed by atoms with van der Waals surface area (Å²) < 4.78 is 0. The number of hydrogen-bond donors (Lipinski definition) is 0. The molecular formula is C16H36. The van der Waals surface area contributed by atoms with Crippen molar-refractivity contribution in [3.63, 3.8) is 0 Å². The Morgan fingerprint density at radius 3 is 1.56 bits per heavy atom. The fraction of sp³-hybridized carbons (Fsp3) is 1.00. The maximum Gasteiger partial charge on any atom is -0.0349 e. The van der Waals surface area contributed by atoms with E-state index in [9.17, 15) is 0 Å². The lowest BCUT2D eigenvalue weighted by atomic mass is 9.63. The van der Waals surface area contributed by atoms with Crippen LogP contribution in [0.5, 0.6) is 0 Å². The molecule has 100 valence electrons. The summed E-state index contributed by atoms with van der Waals surface area (Å²) in [5.41, 5.74) is 0.693. The van der Waals surface area contributed by atoms with Crippen LogP contribution < -0.4 is 0 Å². The van der Waals surface area contributed by atoms with Gasteiger partial charge in [0.1, 0.15) is 0 Å². The molecule has 0 nitrogen and oxygen atoms in total. The van der Waals surface area contributed by atoms with Gasteiger partial charge >= 0.3 is 0 Å². The molecule has 0 heteroatoms. The largest absolute Gasteiger partial charge is 0.0776 e. The number of hydrogen-bond acceptors (Lipinski definition) is 0. The Bertz CT molecular complexity index is 125. The third-order valence-electron chi connectivity index (χ3n) is 3.36. The fourth-order valence-corrected chi connectivity index (χ4v) is 2.55. The second-order valence-electron chi connectivity index (χ2n) is 5.93. The molecule has 0 bridgehead atoms. The molecule has 0 N–H and O–H groups in total. The molecule has 1 rings (SSSR count). The van der Waals surface area contributed by atoms with Gasteiger partial charge in [-0.05, 0) is 24.2 Å². The molecule has 0 aromatic carbocycles. The smallest absolute Gasteiger partial charge is 0.0349 e. The predicted molar refractivity (Wildman–Crippen MR) is 78.0 cm³/mol. The summed E-state index contributed by atoms with van der Waals surface area (Å²) >= 11 is 0. The second kappa shape index (κ2) is 10.2. The van der Waals surface area contributed by atoms with Crippen LogP contribution >= 0.6 is 0 Å². The average Bonchev–Trinajstić information content (AvgIpc) is 2.13. The van der Waals surface area contributed by atoms with Crippen LogP contribution in [0.25, 0.3) is 0 Å². The molecular weight excluding hydrogens is 192 g/mol. The van der Waals surface area contributed by atoms with E-state index in [0.717, 1.165) is 5.92 Å². The van der Waals surface area contributed by atoms with E-state index in [1.54, 1.807) is 0 Å². The highest BCUT2D eigenvalue weighted by atomic mass is 14.4. The van der Waals surface area contributed by atoms with Crippen LogP contribution in [0.15, 0.2) is 0 Å². The molecule has 1 saturated carbocycles.